The van der Waals surface area contributed by atoms with Crippen LogP contribution in [0.15, 0.2) is 0 Å². The third-order valence-electron chi connectivity index (χ3n) is 1.22. The van der Waals surface area contributed by atoms with Crippen LogP contribution < -0.4 is 10.6 Å². The average Bonchev–Trinajstić information content (AvgIpc) is 2.21. The maximum Gasteiger partial charge on any atom is 0.396 e. The number of esters is 1. The lowest BCUT2D eigenvalue weighted by Gasteiger charge is -2.03. The van der Waals surface area contributed by atoms with E-state index in [9.17, 15) is 19.2 Å². The van der Waals surface area contributed by atoms with E-state index in [1.54, 1.807) is 0 Å². The molecule has 0 heterocycles. The Morgan fingerprint density at radius 3 is 2.20 bits per heavy atom. The fourth-order valence-electron chi connectivity index (χ4n) is 0.562. The van der Waals surface area contributed by atoms with E-state index in [2.05, 4.69) is 4.74 Å². The number of carboxylic acids is 1. The molecule has 0 rings (SSSR count). The monoisotopic (exact) mass is 218 g/mol. The molecule has 0 aromatic carbocycles. The van der Waals surface area contributed by atoms with E-state index >= 15 is 0 Å². The molecule has 0 atom stereocenters. The Labute approximate surface area is 84.6 Å². The second kappa shape index (κ2) is 6.35. The molecule has 0 aliphatic carbocycles. The maximum absolute atomic E-state index is 10.8. The summed E-state index contributed by atoms with van der Waals surface area (Å²) < 4.78 is 4.07. The van der Waals surface area contributed by atoms with Crippen LogP contribution in [-0.2, 0) is 23.9 Å². The summed E-state index contributed by atoms with van der Waals surface area (Å²) in [6.07, 6.45) is 0. The molecular formula is C7H10N2O6. The Morgan fingerprint density at radius 2 is 1.73 bits per heavy atom. The van der Waals surface area contributed by atoms with Gasteiger partial charge in [-0.15, -0.1) is 0 Å². The van der Waals surface area contributed by atoms with Crippen molar-refractivity contribution >= 4 is 23.8 Å². The van der Waals surface area contributed by atoms with Crippen molar-refractivity contribution in [2.75, 3.05) is 20.2 Å². The van der Waals surface area contributed by atoms with Gasteiger partial charge in [0.1, 0.15) is 6.54 Å². The number of carbonyl (C=O) groups excluding carboxylic acids is 3. The SMILES string of the molecule is COC(=O)C(=O)NCC(=O)NCC(=O)O. The molecule has 2 amide bonds. The molecule has 0 fully saturated rings. The summed E-state index contributed by atoms with van der Waals surface area (Å²) in [5.74, 6) is -4.11. The summed E-state index contributed by atoms with van der Waals surface area (Å²) in [5.41, 5.74) is 0. The maximum atomic E-state index is 10.8. The topological polar surface area (TPSA) is 122 Å². The molecule has 0 bridgehead atoms. The van der Waals surface area contributed by atoms with Crippen molar-refractivity contribution in [3.8, 4) is 0 Å². The summed E-state index contributed by atoms with van der Waals surface area (Å²) in [4.78, 5) is 42.1. The van der Waals surface area contributed by atoms with E-state index in [0.29, 0.717) is 0 Å². The summed E-state index contributed by atoms with van der Waals surface area (Å²) in [5, 5.41) is 12.1. The lowest BCUT2D eigenvalue weighted by molar-refractivity contribution is -0.152. The van der Waals surface area contributed by atoms with Gasteiger partial charge in [0.25, 0.3) is 0 Å². The standard InChI is InChI=1S/C7H10N2O6/c1-15-7(14)6(13)9-2-4(10)8-3-5(11)12/h2-3H2,1H3,(H,8,10)(H,9,13)(H,11,12). The van der Waals surface area contributed by atoms with Crippen LogP contribution in [0.2, 0.25) is 0 Å². The van der Waals surface area contributed by atoms with E-state index in [1.165, 1.54) is 0 Å². The van der Waals surface area contributed by atoms with Crippen molar-refractivity contribution in [2.45, 2.75) is 0 Å². The van der Waals surface area contributed by atoms with Crippen LogP contribution in [0.5, 0.6) is 0 Å². The van der Waals surface area contributed by atoms with E-state index in [-0.39, 0.29) is 0 Å². The largest absolute Gasteiger partial charge is 0.480 e. The minimum absolute atomic E-state index is 0.485. The molecule has 0 aromatic rings. The normalized spacial score (nSPS) is 8.87. The number of carboxylic acid groups (broad SMARTS) is 1. The molecule has 15 heavy (non-hydrogen) atoms. The lowest BCUT2D eigenvalue weighted by atomic mass is 10.5. The summed E-state index contributed by atoms with van der Waals surface area (Å²) in [7, 11) is 1.02. The van der Waals surface area contributed by atoms with Gasteiger partial charge in [0.2, 0.25) is 5.91 Å². The molecule has 84 valence electrons. The van der Waals surface area contributed by atoms with Crippen molar-refractivity contribution in [3.63, 3.8) is 0 Å². The second-order valence-corrected chi connectivity index (χ2v) is 2.34. The van der Waals surface area contributed by atoms with Crippen molar-refractivity contribution in [1.29, 1.82) is 0 Å². The number of hydrogen-bond donors (Lipinski definition) is 3. The van der Waals surface area contributed by atoms with E-state index < -0.39 is 36.8 Å². The minimum Gasteiger partial charge on any atom is -0.480 e. The van der Waals surface area contributed by atoms with Gasteiger partial charge in [-0.25, -0.2) is 4.79 Å². The van der Waals surface area contributed by atoms with Crippen LogP contribution in [0, 0.1) is 0 Å². The lowest BCUT2D eigenvalue weighted by Crippen LogP contribution is -2.41. The zero-order valence-electron chi connectivity index (χ0n) is 7.90. The number of nitrogens with one attached hydrogen (secondary N) is 2. The Morgan fingerprint density at radius 1 is 1.13 bits per heavy atom. The third kappa shape index (κ3) is 6.02. The summed E-state index contributed by atoms with van der Waals surface area (Å²) >= 11 is 0. The number of methoxy groups -OCH3 is 1. The van der Waals surface area contributed by atoms with Crippen LogP contribution in [0.4, 0.5) is 0 Å². The van der Waals surface area contributed by atoms with E-state index in [4.69, 9.17) is 5.11 Å². The number of carbonyl (C=O) groups is 4. The van der Waals surface area contributed by atoms with Crippen LogP contribution in [0.25, 0.3) is 0 Å². The molecule has 3 N–H and O–H groups in total. The minimum atomic E-state index is -1.21. The van der Waals surface area contributed by atoms with Gasteiger partial charge in [-0.3, -0.25) is 14.4 Å². The van der Waals surface area contributed by atoms with Gasteiger partial charge < -0.3 is 20.5 Å². The van der Waals surface area contributed by atoms with Crippen LogP contribution in [-0.4, -0.2) is 49.1 Å². The van der Waals surface area contributed by atoms with Crippen LogP contribution in [0.1, 0.15) is 0 Å². The molecule has 0 radical (unpaired) electrons. The van der Waals surface area contributed by atoms with Crippen LogP contribution >= 0.6 is 0 Å². The fourth-order valence-corrected chi connectivity index (χ4v) is 0.562. The number of amides is 2. The van der Waals surface area contributed by atoms with Crippen molar-refractivity contribution in [3.05, 3.63) is 0 Å². The smallest absolute Gasteiger partial charge is 0.396 e. The second-order valence-electron chi connectivity index (χ2n) is 2.34. The Kier molecular flexibility index (Phi) is 5.45. The predicted molar refractivity (Wildman–Crippen MR) is 45.7 cm³/mol. The predicted octanol–water partition coefficient (Wildman–Crippen LogP) is -2.52. The first kappa shape index (κ1) is 12.9. The zero-order chi connectivity index (χ0) is 11.8. The van der Waals surface area contributed by atoms with Gasteiger partial charge in [-0.2, -0.15) is 0 Å². The highest BCUT2D eigenvalue weighted by Crippen LogP contribution is 1.73. The van der Waals surface area contributed by atoms with Crippen molar-refractivity contribution in [2.24, 2.45) is 0 Å². The first-order valence-corrected chi connectivity index (χ1v) is 3.82. The molecule has 0 saturated carbocycles. The highest BCUT2D eigenvalue weighted by molar-refractivity contribution is 6.32. The first-order chi connectivity index (χ1) is 6.97. The molecule has 8 heteroatoms. The van der Waals surface area contributed by atoms with E-state index in [1.807, 2.05) is 10.6 Å². The molecular weight excluding hydrogens is 208 g/mol. The highest BCUT2D eigenvalue weighted by Gasteiger charge is 2.14. The quantitative estimate of drug-likeness (QED) is 0.353. The molecule has 0 spiro atoms. The van der Waals surface area contributed by atoms with Gasteiger partial charge in [-0.05, 0) is 0 Å². The molecule has 0 saturated heterocycles. The van der Waals surface area contributed by atoms with Crippen molar-refractivity contribution in [1.82, 2.24) is 10.6 Å². The molecule has 0 aliphatic heterocycles. The number of hydrogen-bond acceptors (Lipinski definition) is 5. The van der Waals surface area contributed by atoms with Crippen molar-refractivity contribution < 1.29 is 29.0 Å². The molecule has 0 unspecified atom stereocenters. The van der Waals surface area contributed by atoms with Crippen LogP contribution in [0.3, 0.4) is 0 Å². The highest BCUT2D eigenvalue weighted by atomic mass is 16.5. The van der Waals surface area contributed by atoms with Gasteiger partial charge >= 0.3 is 17.8 Å². The molecule has 8 nitrogen and oxygen atoms in total. The van der Waals surface area contributed by atoms with E-state index in [0.717, 1.165) is 7.11 Å². The Balaban J connectivity index is 3.76. The zero-order valence-corrected chi connectivity index (χ0v) is 7.90. The van der Waals surface area contributed by atoms with Gasteiger partial charge in [0, 0.05) is 0 Å². The van der Waals surface area contributed by atoms with Gasteiger partial charge in [0.15, 0.2) is 0 Å². The number of aliphatic carboxylic acids is 1. The average molecular weight is 218 g/mol. The number of rotatable bonds is 4. The number of ether oxygens (including phenoxy) is 1. The molecule has 0 aromatic heterocycles. The first-order valence-electron chi connectivity index (χ1n) is 3.82. The Hall–Kier alpha value is -2.12. The third-order valence-corrected chi connectivity index (χ3v) is 1.22. The molecule has 0 aliphatic rings. The van der Waals surface area contributed by atoms with Gasteiger partial charge in [-0.1, -0.05) is 0 Å². The Bertz CT molecular complexity index is 287. The summed E-state index contributed by atoms with van der Waals surface area (Å²) in [6, 6.07) is 0. The van der Waals surface area contributed by atoms with Gasteiger partial charge in [0.05, 0.1) is 13.7 Å². The fraction of sp³-hybridized carbons (Fsp3) is 0.429. The summed E-state index contributed by atoms with van der Waals surface area (Å²) in [6.45, 7) is -1.03.